The highest BCUT2D eigenvalue weighted by atomic mass is 32.1. The van der Waals surface area contributed by atoms with Crippen LogP contribution < -0.4 is 5.43 Å². The van der Waals surface area contributed by atoms with Gasteiger partial charge in [0.2, 0.25) is 0 Å². The molecule has 3 heterocycles. The largest absolute Gasteiger partial charge is 0.284 e. The van der Waals surface area contributed by atoms with E-state index >= 15 is 0 Å². The van der Waals surface area contributed by atoms with Crippen LogP contribution in [0.5, 0.6) is 0 Å². The van der Waals surface area contributed by atoms with Crippen molar-refractivity contribution in [1.82, 2.24) is 20.4 Å². The molecule has 1 N–H and O–H groups in total. The molecule has 1 saturated heterocycles. The SMILES string of the molecule is Cc1nc(-c2cccnc2)sc1C(=O)NN1CCCC1. The maximum Gasteiger partial charge on any atom is 0.277 e. The fourth-order valence-electron chi connectivity index (χ4n) is 2.24. The van der Waals surface area contributed by atoms with Gasteiger partial charge in [-0.05, 0) is 31.9 Å². The first-order chi connectivity index (χ1) is 9.74. The van der Waals surface area contributed by atoms with Crippen LogP contribution in [0.3, 0.4) is 0 Å². The molecule has 0 spiro atoms. The molecule has 1 aliphatic heterocycles. The summed E-state index contributed by atoms with van der Waals surface area (Å²) >= 11 is 1.41. The van der Waals surface area contributed by atoms with Crippen molar-refractivity contribution >= 4 is 17.2 Å². The zero-order chi connectivity index (χ0) is 13.9. The molecule has 2 aromatic rings. The van der Waals surface area contributed by atoms with Crippen LogP contribution in [-0.2, 0) is 0 Å². The van der Waals surface area contributed by atoms with Gasteiger partial charge >= 0.3 is 0 Å². The number of carbonyl (C=O) groups is 1. The van der Waals surface area contributed by atoms with E-state index in [4.69, 9.17) is 0 Å². The molecular formula is C14H16N4OS. The van der Waals surface area contributed by atoms with Crippen molar-refractivity contribution in [1.29, 1.82) is 0 Å². The van der Waals surface area contributed by atoms with Gasteiger partial charge in [0, 0.05) is 31.0 Å². The third kappa shape index (κ3) is 2.71. The van der Waals surface area contributed by atoms with Gasteiger partial charge < -0.3 is 0 Å². The van der Waals surface area contributed by atoms with E-state index in [1.54, 1.807) is 12.4 Å². The molecule has 2 aromatic heterocycles. The summed E-state index contributed by atoms with van der Waals surface area (Å²) in [4.78, 5) is 21.5. The van der Waals surface area contributed by atoms with Crippen molar-refractivity contribution < 1.29 is 4.79 Å². The molecule has 104 valence electrons. The smallest absolute Gasteiger partial charge is 0.277 e. The summed E-state index contributed by atoms with van der Waals surface area (Å²) in [6.07, 6.45) is 5.77. The molecule has 6 heteroatoms. The molecule has 0 bridgehead atoms. The number of nitrogens with zero attached hydrogens (tertiary/aromatic N) is 3. The van der Waals surface area contributed by atoms with Crippen molar-refractivity contribution in [2.75, 3.05) is 13.1 Å². The van der Waals surface area contributed by atoms with Crippen molar-refractivity contribution in [3.8, 4) is 10.6 Å². The zero-order valence-corrected chi connectivity index (χ0v) is 12.1. The third-order valence-electron chi connectivity index (χ3n) is 3.28. The summed E-state index contributed by atoms with van der Waals surface area (Å²) in [6.45, 7) is 3.73. The predicted octanol–water partition coefficient (Wildman–Crippen LogP) is 2.25. The van der Waals surface area contributed by atoms with Gasteiger partial charge in [0.15, 0.2) is 0 Å². The predicted molar refractivity (Wildman–Crippen MR) is 78.4 cm³/mol. The Morgan fingerprint density at radius 3 is 2.90 bits per heavy atom. The number of hydrazine groups is 1. The van der Waals surface area contributed by atoms with Crippen LogP contribution in [0, 0.1) is 6.92 Å². The van der Waals surface area contributed by atoms with Crippen LogP contribution in [0.2, 0.25) is 0 Å². The molecule has 1 fully saturated rings. The maximum atomic E-state index is 12.3. The minimum Gasteiger partial charge on any atom is -0.284 e. The first kappa shape index (κ1) is 13.2. The maximum absolute atomic E-state index is 12.3. The third-order valence-corrected chi connectivity index (χ3v) is 4.48. The first-order valence-electron chi connectivity index (χ1n) is 6.68. The highest BCUT2D eigenvalue weighted by Gasteiger charge is 2.20. The normalized spacial score (nSPS) is 15.4. The van der Waals surface area contributed by atoms with E-state index in [1.165, 1.54) is 11.3 Å². The Kier molecular flexibility index (Phi) is 3.75. The number of pyridine rings is 1. The summed E-state index contributed by atoms with van der Waals surface area (Å²) in [6, 6.07) is 3.82. The molecule has 0 radical (unpaired) electrons. The quantitative estimate of drug-likeness (QED) is 0.941. The molecular weight excluding hydrogens is 272 g/mol. The number of rotatable bonds is 3. The fraction of sp³-hybridized carbons (Fsp3) is 0.357. The van der Waals surface area contributed by atoms with E-state index in [9.17, 15) is 4.79 Å². The standard InChI is InChI=1S/C14H16N4OS/c1-10-12(13(19)17-18-7-2-3-8-18)20-14(16-10)11-5-4-6-15-9-11/h4-6,9H,2-3,7-8H2,1H3,(H,17,19). The van der Waals surface area contributed by atoms with Gasteiger partial charge in [0.1, 0.15) is 9.88 Å². The molecule has 0 aliphatic carbocycles. The summed E-state index contributed by atoms with van der Waals surface area (Å²) in [5.41, 5.74) is 4.66. The molecule has 0 aromatic carbocycles. The van der Waals surface area contributed by atoms with Gasteiger partial charge in [-0.25, -0.2) is 9.99 Å². The van der Waals surface area contributed by atoms with Gasteiger partial charge in [-0.1, -0.05) is 0 Å². The van der Waals surface area contributed by atoms with Crippen molar-refractivity contribution in [2.24, 2.45) is 0 Å². The van der Waals surface area contributed by atoms with E-state index in [-0.39, 0.29) is 5.91 Å². The molecule has 0 saturated carbocycles. The van der Waals surface area contributed by atoms with Crippen LogP contribution in [0.1, 0.15) is 28.2 Å². The average Bonchev–Trinajstić information content (AvgIpc) is 3.09. The lowest BCUT2D eigenvalue weighted by atomic mass is 10.3. The Morgan fingerprint density at radius 2 is 2.20 bits per heavy atom. The van der Waals surface area contributed by atoms with Crippen LogP contribution in [0.4, 0.5) is 0 Å². The van der Waals surface area contributed by atoms with Gasteiger partial charge in [-0.15, -0.1) is 11.3 Å². The van der Waals surface area contributed by atoms with Crippen LogP contribution in [-0.4, -0.2) is 34.0 Å². The van der Waals surface area contributed by atoms with Crippen molar-refractivity contribution in [2.45, 2.75) is 19.8 Å². The summed E-state index contributed by atoms with van der Waals surface area (Å²) in [5, 5.41) is 2.81. The lowest BCUT2D eigenvalue weighted by Crippen LogP contribution is -2.39. The second kappa shape index (κ2) is 5.68. The molecule has 1 aliphatic rings. The Balaban J connectivity index is 1.80. The first-order valence-corrected chi connectivity index (χ1v) is 7.49. The molecule has 5 nitrogen and oxygen atoms in total. The summed E-state index contributed by atoms with van der Waals surface area (Å²) in [5.74, 6) is -0.0583. The van der Waals surface area contributed by atoms with Gasteiger partial charge in [0.05, 0.1) is 5.69 Å². The molecule has 0 unspecified atom stereocenters. The second-order valence-corrected chi connectivity index (χ2v) is 5.81. The van der Waals surface area contributed by atoms with E-state index in [2.05, 4.69) is 15.4 Å². The highest BCUT2D eigenvalue weighted by Crippen LogP contribution is 2.27. The van der Waals surface area contributed by atoms with Crippen molar-refractivity contribution in [3.05, 3.63) is 35.1 Å². The number of hydrogen-bond donors (Lipinski definition) is 1. The van der Waals surface area contributed by atoms with Gasteiger partial charge in [-0.2, -0.15) is 0 Å². The zero-order valence-electron chi connectivity index (χ0n) is 11.3. The lowest BCUT2D eigenvalue weighted by molar-refractivity contribution is 0.0829. The van der Waals surface area contributed by atoms with Gasteiger partial charge in [0.25, 0.3) is 5.91 Å². The molecule has 3 rings (SSSR count). The Morgan fingerprint density at radius 1 is 1.40 bits per heavy atom. The number of amides is 1. The number of aryl methyl sites for hydroxylation is 1. The van der Waals surface area contributed by atoms with Crippen LogP contribution in [0.25, 0.3) is 10.6 Å². The number of carbonyl (C=O) groups excluding carboxylic acids is 1. The fourth-order valence-corrected chi connectivity index (χ4v) is 3.19. The topological polar surface area (TPSA) is 58.1 Å². The summed E-state index contributed by atoms with van der Waals surface area (Å²) in [7, 11) is 0. The number of aromatic nitrogens is 2. The number of nitrogens with one attached hydrogen (secondary N) is 1. The van der Waals surface area contributed by atoms with E-state index in [0.717, 1.165) is 42.2 Å². The monoisotopic (exact) mass is 288 g/mol. The van der Waals surface area contributed by atoms with Crippen LogP contribution >= 0.6 is 11.3 Å². The van der Waals surface area contributed by atoms with Crippen molar-refractivity contribution in [3.63, 3.8) is 0 Å². The Labute approximate surface area is 121 Å². The minimum absolute atomic E-state index is 0.0583. The Hall–Kier alpha value is -1.79. The highest BCUT2D eigenvalue weighted by molar-refractivity contribution is 7.17. The van der Waals surface area contributed by atoms with Gasteiger partial charge in [-0.3, -0.25) is 15.2 Å². The van der Waals surface area contributed by atoms with Crippen LogP contribution in [0.15, 0.2) is 24.5 Å². The second-order valence-electron chi connectivity index (χ2n) is 4.81. The Bertz CT molecular complexity index is 605. The number of thiazole rings is 1. The van der Waals surface area contributed by atoms with E-state index in [0.29, 0.717) is 4.88 Å². The minimum atomic E-state index is -0.0583. The molecule has 20 heavy (non-hydrogen) atoms. The molecule has 0 atom stereocenters. The lowest BCUT2D eigenvalue weighted by Gasteiger charge is -2.15. The molecule has 1 amide bonds. The van der Waals surface area contributed by atoms with E-state index < -0.39 is 0 Å². The van der Waals surface area contributed by atoms with E-state index in [1.807, 2.05) is 24.1 Å². The number of hydrogen-bond acceptors (Lipinski definition) is 5. The average molecular weight is 288 g/mol. The summed E-state index contributed by atoms with van der Waals surface area (Å²) < 4.78 is 0.